The molecule has 3 heteroatoms. The first-order valence-electron chi connectivity index (χ1n) is 5.30. The molecule has 1 aromatic heterocycles. The van der Waals surface area contributed by atoms with Crippen molar-refractivity contribution in [1.82, 2.24) is 9.78 Å². The lowest BCUT2D eigenvalue weighted by Crippen LogP contribution is -1.88. The number of nitrogens with zero attached hydrogens (tertiary/aromatic N) is 3. The molecule has 0 aliphatic rings. The van der Waals surface area contributed by atoms with Gasteiger partial charge in [0, 0.05) is 11.8 Å². The molecule has 0 saturated carbocycles. The van der Waals surface area contributed by atoms with E-state index in [1.165, 1.54) is 0 Å². The van der Waals surface area contributed by atoms with Crippen molar-refractivity contribution in [3.05, 3.63) is 17.8 Å². The molecule has 1 rings (SSSR count). The predicted molar refractivity (Wildman–Crippen MR) is 68.0 cm³/mol. The van der Waals surface area contributed by atoms with E-state index in [4.69, 9.17) is 0 Å². The third kappa shape index (κ3) is 2.78. The van der Waals surface area contributed by atoms with Gasteiger partial charge in [-0.15, -0.1) is 0 Å². The number of hydrogen-bond acceptors (Lipinski definition) is 2. The molecule has 15 heavy (non-hydrogen) atoms. The molecule has 84 valence electrons. The average Bonchev–Trinajstić information content (AvgIpc) is 2.57. The lowest BCUT2D eigenvalue weighted by molar-refractivity contribution is 0.857. The second-order valence-electron chi connectivity index (χ2n) is 3.26. The van der Waals surface area contributed by atoms with Crippen LogP contribution in [0.15, 0.2) is 11.6 Å². The zero-order valence-electron chi connectivity index (χ0n) is 10.4. The maximum absolute atomic E-state index is 4.29. The van der Waals surface area contributed by atoms with Crippen LogP contribution in [0.5, 0.6) is 0 Å². The van der Waals surface area contributed by atoms with Gasteiger partial charge in [-0.25, -0.2) is 9.67 Å². The normalized spacial score (nSPS) is 9.47. The Hall–Kier alpha value is -1.38. The fraction of sp³-hybridized carbons (Fsp3) is 0.500. The van der Waals surface area contributed by atoms with Crippen LogP contribution in [-0.4, -0.2) is 16.5 Å². The van der Waals surface area contributed by atoms with Crippen LogP contribution in [0.3, 0.4) is 0 Å². The molecule has 0 amide bonds. The van der Waals surface area contributed by atoms with Crippen LogP contribution in [0.2, 0.25) is 0 Å². The van der Waals surface area contributed by atoms with Crippen molar-refractivity contribution in [2.75, 3.05) is 0 Å². The molecule has 1 aromatic rings. The van der Waals surface area contributed by atoms with Gasteiger partial charge in [-0.1, -0.05) is 34.3 Å². The average molecular weight is 207 g/mol. The summed E-state index contributed by atoms with van der Waals surface area (Å²) in [4.78, 5) is 3.96. The number of hydrogen-bond donors (Lipinski definition) is 0. The van der Waals surface area contributed by atoms with Crippen molar-refractivity contribution < 1.29 is 0 Å². The van der Waals surface area contributed by atoms with Crippen molar-refractivity contribution in [2.45, 2.75) is 40.5 Å². The number of aliphatic imine (C=N–C) groups is 1. The molecule has 1 heterocycles. The van der Waals surface area contributed by atoms with E-state index in [0.717, 1.165) is 17.1 Å². The number of aromatic nitrogens is 2. The molecule has 0 radical (unpaired) electrons. The Kier molecular flexibility index (Phi) is 5.60. The highest BCUT2D eigenvalue weighted by atomic mass is 15.3. The van der Waals surface area contributed by atoms with Gasteiger partial charge < -0.3 is 0 Å². The largest absolute Gasteiger partial charge is 0.245 e. The van der Waals surface area contributed by atoms with E-state index in [1.807, 2.05) is 20.8 Å². The van der Waals surface area contributed by atoms with E-state index in [1.54, 1.807) is 10.9 Å². The molecular formula is C12H21N3. The second kappa shape index (κ2) is 6.17. The molecule has 0 unspecified atom stereocenters. The standard InChI is InChI=1S/C10H15N3.C2H6/c1-6-13-10(11-5)9(7(2)3)8(4)12-13;1-2/h6-7H,1,5H2,2-4H3;1-2H3. The Morgan fingerprint density at radius 2 is 1.93 bits per heavy atom. The Morgan fingerprint density at radius 1 is 1.40 bits per heavy atom. The zero-order chi connectivity index (χ0) is 12.0. The molecule has 0 bridgehead atoms. The quantitative estimate of drug-likeness (QED) is 0.694. The minimum absolute atomic E-state index is 0.411. The number of aryl methyl sites for hydroxylation is 1. The molecule has 0 aromatic carbocycles. The van der Waals surface area contributed by atoms with Gasteiger partial charge in [0.25, 0.3) is 0 Å². The van der Waals surface area contributed by atoms with Gasteiger partial charge in [0.05, 0.1) is 5.69 Å². The number of rotatable bonds is 3. The van der Waals surface area contributed by atoms with E-state index in [2.05, 4.69) is 37.2 Å². The van der Waals surface area contributed by atoms with Gasteiger partial charge in [0.1, 0.15) is 0 Å². The summed E-state index contributed by atoms with van der Waals surface area (Å²) in [5.41, 5.74) is 2.15. The molecule has 0 aliphatic heterocycles. The van der Waals surface area contributed by atoms with E-state index >= 15 is 0 Å². The molecule has 3 nitrogen and oxygen atoms in total. The van der Waals surface area contributed by atoms with Gasteiger partial charge >= 0.3 is 0 Å². The van der Waals surface area contributed by atoms with Crippen LogP contribution in [0.1, 0.15) is 44.9 Å². The Bertz CT molecular complexity index is 335. The van der Waals surface area contributed by atoms with Gasteiger partial charge in [-0.2, -0.15) is 5.10 Å². The smallest absolute Gasteiger partial charge is 0.158 e. The fourth-order valence-electron chi connectivity index (χ4n) is 1.51. The first kappa shape index (κ1) is 13.6. The summed E-state index contributed by atoms with van der Waals surface area (Å²) in [6.45, 7) is 17.4. The topological polar surface area (TPSA) is 30.2 Å². The van der Waals surface area contributed by atoms with E-state index in [-0.39, 0.29) is 0 Å². The fourth-order valence-corrected chi connectivity index (χ4v) is 1.51. The van der Waals surface area contributed by atoms with Crippen molar-refractivity contribution in [3.8, 4) is 0 Å². The molecule has 0 N–H and O–H groups in total. The van der Waals surface area contributed by atoms with Gasteiger partial charge in [-0.3, -0.25) is 0 Å². The van der Waals surface area contributed by atoms with Gasteiger partial charge in [0.15, 0.2) is 5.82 Å². The van der Waals surface area contributed by atoms with Gasteiger partial charge in [-0.05, 0) is 19.6 Å². The highest BCUT2D eigenvalue weighted by molar-refractivity contribution is 5.53. The van der Waals surface area contributed by atoms with Crippen molar-refractivity contribution in [3.63, 3.8) is 0 Å². The lowest BCUT2D eigenvalue weighted by atomic mass is 10.0. The Labute approximate surface area is 92.5 Å². The summed E-state index contributed by atoms with van der Waals surface area (Å²) in [6.07, 6.45) is 1.64. The first-order chi connectivity index (χ1) is 7.11. The Balaban J connectivity index is 0.000000921. The highest BCUT2D eigenvalue weighted by Gasteiger charge is 2.14. The van der Waals surface area contributed by atoms with Crippen LogP contribution in [-0.2, 0) is 0 Å². The van der Waals surface area contributed by atoms with Crippen molar-refractivity contribution in [1.29, 1.82) is 0 Å². The molecule has 0 spiro atoms. The van der Waals surface area contributed by atoms with E-state index < -0.39 is 0 Å². The van der Waals surface area contributed by atoms with E-state index in [9.17, 15) is 0 Å². The summed E-state index contributed by atoms with van der Waals surface area (Å²) in [7, 11) is 0. The minimum atomic E-state index is 0.411. The minimum Gasteiger partial charge on any atom is -0.245 e. The van der Waals surface area contributed by atoms with Crippen LogP contribution in [0.25, 0.3) is 6.20 Å². The van der Waals surface area contributed by atoms with Crippen molar-refractivity contribution >= 4 is 18.7 Å². The monoisotopic (exact) mass is 207 g/mol. The third-order valence-electron chi connectivity index (χ3n) is 2.01. The van der Waals surface area contributed by atoms with Crippen molar-refractivity contribution in [2.24, 2.45) is 4.99 Å². The molecule has 0 saturated heterocycles. The van der Waals surface area contributed by atoms with E-state index in [0.29, 0.717) is 5.92 Å². The maximum Gasteiger partial charge on any atom is 0.158 e. The highest BCUT2D eigenvalue weighted by Crippen LogP contribution is 2.29. The summed E-state index contributed by atoms with van der Waals surface area (Å²) in [5.74, 6) is 1.22. The summed E-state index contributed by atoms with van der Waals surface area (Å²) in [5, 5.41) is 4.29. The third-order valence-corrected chi connectivity index (χ3v) is 2.01. The lowest BCUT2D eigenvalue weighted by Gasteiger charge is -2.04. The summed E-state index contributed by atoms with van der Waals surface area (Å²) >= 11 is 0. The first-order valence-corrected chi connectivity index (χ1v) is 5.30. The van der Waals surface area contributed by atoms with Crippen LogP contribution in [0, 0.1) is 6.92 Å². The van der Waals surface area contributed by atoms with Gasteiger partial charge in [0.2, 0.25) is 0 Å². The SMILES string of the molecule is C=Cn1nc(C)c(C(C)C)c1N=C.CC. The van der Waals surface area contributed by atoms with Crippen LogP contribution >= 0.6 is 0 Å². The Morgan fingerprint density at radius 3 is 2.27 bits per heavy atom. The molecule has 0 atom stereocenters. The summed E-state index contributed by atoms with van der Waals surface area (Å²) < 4.78 is 1.66. The zero-order valence-corrected chi connectivity index (χ0v) is 10.4. The maximum atomic E-state index is 4.29. The summed E-state index contributed by atoms with van der Waals surface area (Å²) in [6, 6.07) is 0. The second-order valence-corrected chi connectivity index (χ2v) is 3.26. The van der Waals surface area contributed by atoms with Crippen LogP contribution in [0.4, 0.5) is 5.82 Å². The van der Waals surface area contributed by atoms with Crippen LogP contribution < -0.4 is 0 Å². The molecule has 0 aliphatic carbocycles. The predicted octanol–water partition coefficient (Wildman–Crippen LogP) is 3.77. The molecular weight excluding hydrogens is 186 g/mol. The molecule has 0 fully saturated rings.